The highest BCUT2D eigenvalue weighted by molar-refractivity contribution is 5.85. The first-order valence-corrected chi connectivity index (χ1v) is 4.12. The molecule has 0 saturated heterocycles. The summed E-state index contributed by atoms with van der Waals surface area (Å²) in [6, 6.07) is 3.26. The number of carbonyl (C=O) groups excluding carboxylic acids is 1. The van der Waals surface area contributed by atoms with Crippen molar-refractivity contribution in [1.82, 2.24) is 10.3 Å². The maximum absolute atomic E-state index is 11.1. The molecule has 0 aromatic carbocycles. The average Bonchev–Trinajstić information content (AvgIpc) is 2.15. The number of carbonyl (C=O) groups is 1. The van der Waals surface area contributed by atoms with E-state index in [1.807, 2.05) is 12.1 Å². The Morgan fingerprint density at radius 1 is 1.71 bits per heavy atom. The number of pyridine rings is 1. The van der Waals surface area contributed by atoms with Gasteiger partial charge in [0.05, 0.1) is 6.04 Å². The normalized spacial score (nSPS) is 11.3. The van der Waals surface area contributed by atoms with E-state index in [4.69, 9.17) is 5.73 Å². The van der Waals surface area contributed by atoms with Crippen molar-refractivity contribution in [2.75, 3.05) is 0 Å². The van der Waals surface area contributed by atoms with Crippen molar-refractivity contribution in [2.24, 2.45) is 5.73 Å². The van der Waals surface area contributed by atoms with Gasteiger partial charge in [0.25, 0.3) is 0 Å². The number of nitrogens with one attached hydrogen (secondary N) is 1. The van der Waals surface area contributed by atoms with Crippen LogP contribution in [0.5, 0.6) is 0 Å². The van der Waals surface area contributed by atoms with Gasteiger partial charge >= 0.3 is 0 Å². The number of amides is 1. The Balaban J connectivity index is 0.00000169. The van der Waals surface area contributed by atoms with E-state index in [-0.39, 0.29) is 18.3 Å². The Hall–Kier alpha value is -1.13. The van der Waals surface area contributed by atoms with E-state index in [2.05, 4.69) is 10.3 Å². The molecule has 1 heterocycles. The summed E-state index contributed by atoms with van der Waals surface area (Å²) in [6.07, 6.45) is 3.40. The van der Waals surface area contributed by atoms with Crippen molar-refractivity contribution < 1.29 is 4.79 Å². The van der Waals surface area contributed by atoms with Gasteiger partial charge in [0.1, 0.15) is 0 Å². The van der Waals surface area contributed by atoms with Gasteiger partial charge in [-0.05, 0) is 18.6 Å². The molecule has 3 N–H and O–H groups in total. The van der Waals surface area contributed by atoms with Gasteiger partial charge in [0.15, 0.2) is 0 Å². The number of nitrogens with two attached hydrogens (primary N) is 1. The van der Waals surface area contributed by atoms with E-state index in [1.165, 1.54) is 0 Å². The maximum atomic E-state index is 11.1. The topological polar surface area (TPSA) is 68.0 Å². The van der Waals surface area contributed by atoms with Gasteiger partial charge in [-0.15, -0.1) is 12.4 Å². The van der Waals surface area contributed by atoms with Gasteiger partial charge in [-0.1, -0.05) is 6.07 Å². The molecule has 1 rings (SSSR count). The first-order valence-electron chi connectivity index (χ1n) is 4.12. The second-order valence-corrected chi connectivity index (χ2v) is 2.87. The van der Waals surface area contributed by atoms with Gasteiger partial charge in [0.2, 0.25) is 5.91 Å². The van der Waals surface area contributed by atoms with Gasteiger partial charge in [-0.2, -0.15) is 0 Å². The number of halogens is 1. The molecule has 0 aliphatic carbocycles. The highest BCUT2D eigenvalue weighted by Crippen LogP contribution is 1.94. The molecule has 0 bridgehead atoms. The molecule has 1 unspecified atom stereocenters. The van der Waals surface area contributed by atoms with E-state index in [0.717, 1.165) is 5.56 Å². The summed E-state index contributed by atoms with van der Waals surface area (Å²) in [4.78, 5) is 15.0. The maximum Gasteiger partial charge on any atom is 0.236 e. The minimum Gasteiger partial charge on any atom is -0.351 e. The van der Waals surface area contributed by atoms with Gasteiger partial charge in [0, 0.05) is 18.9 Å². The molecule has 0 radical (unpaired) electrons. The third-order valence-corrected chi connectivity index (χ3v) is 1.60. The Labute approximate surface area is 89.3 Å². The number of nitrogens with zero attached hydrogens (tertiary/aromatic N) is 1. The lowest BCUT2D eigenvalue weighted by molar-refractivity contribution is -0.122. The van der Waals surface area contributed by atoms with Crippen LogP contribution in [0.1, 0.15) is 12.5 Å². The van der Waals surface area contributed by atoms with Crippen LogP contribution < -0.4 is 11.1 Å². The highest BCUT2D eigenvalue weighted by atomic mass is 35.5. The molecule has 0 saturated carbocycles. The molecular formula is C9H14ClN3O. The Morgan fingerprint density at radius 2 is 2.43 bits per heavy atom. The van der Waals surface area contributed by atoms with Crippen LogP contribution in [0, 0.1) is 0 Å². The van der Waals surface area contributed by atoms with Crippen molar-refractivity contribution in [3.8, 4) is 0 Å². The van der Waals surface area contributed by atoms with Crippen LogP contribution in [-0.2, 0) is 11.3 Å². The van der Waals surface area contributed by atoms with Crippen molar-refractivity contribution in [3.63, 3.8) is 0 Å². The Kier molecular flexibility index (Phi) is 5.83. The lowest BCUT2D eigenvalue weighted by Gasteiger charge is -2.06. The van der Waals surface area contributed by atoms with Crippen molar-refractivity contribution >= 4 is 18.3 Å². The molecule has 5 heteroatoms. The standard InChI is InChI=1S/C9H13N3O.ClH/c1-7(10)9(13)12-6-8-3-2-4-11-5-8;/h2-5,7H,6,10H2,1H3,(H,12,13);1H. The van der Waals surface area contributed by atoms with E-state index >= 15 is 0 Å². The minimum absolute atomic E-state index is 0. The summed E-state index contributed by atoms with van der Waals surface area (Å²) in [5, 5.41) is 2.69. The Bertz CT molecular complexity index is 277. The average molecular weight is 216 g/mol. The fraction of sp³-hybridized carbons (Fsp3) is 0.333. The molecule has 78 valence electrons. The second-order valence-electron chi connectivity index (χ2n) is 2.87. The third kappa shape index (κ3) is 4.20. The van der Waals surface area contributed by atoms with Crippen LogP contribution >= 0.6 is 12.4 Å². The van der Waals surface area contributed by atoms with Crippen LogP contribution in [0.4, 0.5) is 0 Å². The molecule has 1 aromatic heterocycles. The molecular weight excluding hydrogens is 202 g/mol. The summed E-state index contributed by atoms with van der Waals surface area (Å²) >= 11 is 0. The number of rotatable bonds is 3. The van der Waals surface area contributed by atoms with Crippen molar-refractivity contribution in [2.45, 2.75) is 19.5 Å². The predicted molar refractivity (Wildman–Crippen MR) is 57.0 cm³/mol. The zero-order valence-electron chi connectivity index (χ0n) is 7.93. The SMILES string of the molecule is CC(N)C(=O)NCc1cccnc1.Cl. The first kappa shape index (κ1) is 12.9. The number of hydrogen-bond acceptors (Lipinski definition) is 3. The molecule has 0 fully saturated rings. The Morgan fingerprint density at radius 3 is 2.93 bits per heavy atom. The fourth-order valence-electron chi connectivity index (χ4n) is 0.853. The zero-order chi connectivity index (χ0) is 9.68. The number of aromatic nitrogens is 1. The van der Waals surface area contributed by atoms with E-state index in [9.17, 15) is 4.79 Å². The molecule has 0 spiro atoms. The summed E-state index contributed by atoms with van der Waals surface area (Å²) in [7, 11) is 0. The molecule has 4 nitrogen and oxygen atoms in total. The molecule has 14 heavy (non-hydrogen) atoms. The van der Waals surface area contributed by atoms with E-state index < -0.39 is 6.04 Å². The molecule has 0 aliphatic rings. The van der Waals surface area contributed by atoms with E-state index in [0.29, 0.717) is 6.54 Å². The largest absolute Gasteiger partial charge is 0.351 e. The van der Waals surface area contributed by atoms with E-state index in [1.54, 1.807) is 19.3 Å². The van der Waals surface area contributed by atoms with Crippen molar-refractivity contribution in [1.29, 1.82) is 0 Å². The summed E-state index contributed by atoms with van der Waals surface area (Å²) in [5.41, 5.74) is 6.34. The summed E-state index contributed by atoms with van der Waals surface area (Å²) in [6.45, 7) is 2.13. The van der Waals surface area contributed by atoms with Crippen LogP contribution in [-0.4, -0.2) is 16.9 Å². The van der Waals surface area contributed by atoms with Gasteiger partial charge in [-0.3, -0.25) is 9.78 Å². The monoisotopic (exact) mass is 215 g/mol. The third-order valence-electron chi connectivity index (χ3n) is 1.60. The molecule has 0 aliphatic heterocycles. The van der Waals surface area contributed by atoms with Gasteiger partial charge < -0.3 is 11.1 Å². The zero-order valence-corrected chi connectivity index (χ0v) is 8.75. The highest BCUT2D eigenvalue weighted by Gasteiger charge is 2.05. The quantitative estimate of drug-likeness (QED) is 0.770. The van der Waals surface area contributed by atoms with Crippen molar-refractivity contribution in [3.05, 3.63) is 30.1 Å². The van der Waals surface area contributed by atoms with Crippen LogP contribution in [0.15, 0.2) is 24.5 Å². The summed E-state index contributed by atoms with van der Waals surface area (Å²) in [5.74, 6) is -0.149. The first-order chi connectivity index (χ1) is 6.20. The predicted octanol–water partition coefficient (Wildman–Crippen LogP) is 0.467. The van der Waals surface area contributed by atoms with Crippen LogP contribution in [0.2, 0.25) is 0 Å². The second kappa shape index (κ2) is 6.34. The molecule has 1 amide bonds. The van der Waals surface area contributed by atoms with Gasteiger partial charge in [-0.25, -0.2) is 0 Å². The minimum atomic E-state index is -0.461. The molecule has 1 atom stereocenters. The molecule has 1 aromatic rings. The fourth-order valence-corrected chi connectivity index (χ4v) is 0.853. The lowest BCUT2D eigenvalue weighted by Crippen LogP contribution is -2.37. The van der Waals surface area contributed by atoms with Crippen LogP contribution in [0.25, 0.3) is 0 Å². The van der Waals surface area contributed by atoms with Crippen LogP contribution in [0.3, 0.4) is 0 Å². The lowest BCUT2D eigenvalue weighted by atomic mass is 10.2. The summed E-state index contributed by atoms with van der Waals surface area (Å²) < 4.78 is 0. The number of hydrogen-bond donors (Lipinski definition) is 2. The smallest absolute Gasteiger partial charge is 0.236 e.